The van der Waals surface area contributed by atoms with Gasteiger partial charge in [0, 0.05) is 58.1 Å². The Labute approximate surface area is 177 Å². The number of aliphatic imine (C=N–C) groups is 1. The van der Waals surface area contributed by atoms with Crippen molar-refractivity contribution in [1.82, 2.24) is 24.9 Å². The summed E-state index contributed by atoms with van der Waals surface area (Å²) in [5, 5.41) is 6.65. The Bertz CT molecular complexity index is 975. The molecule has 2 N–H and O–H groups in total. The van der Waals surface area contributed by atoms with Crippen molar-refractivity contribution in [1.29, 1.82) is 0 Å². The predicted octanol–water partition coefficient (Wildman–Crippen LogP) is 2.38. The van der Waals surface area contributed by atoms with Crippen LogP contribution in [0.1, 0.15) is 28.5 Å². The fourth-order valence-electron chi connectivity index (χ4n) is 3.17. The van der Waals surface area contributed by atoms with Crippen LogP contribution in [0.3, 0.4) is 0 Å². The molecule has 0 fully saturated rings. The lowest BCUT2D eigenvalue weighted by molar-refractivity contribution is 0.0827. The molecule has 0 saturated heterocycles. The van der Waals surface area contributed by atoms with Crippen LogP contribution in [0.4, 0.5) is 0 Å². The zero-order chi connectivity index (χ0) is 21.3. The summed E-state index contributed by atoms with van der Waals surface area (Å²) in [6.45, 7) is 4.24. The summed E-state index contributed by atoms with van der Waals surface area (Å²) in [4.78, 5) is 23.0. The van der Waals surface area contributed by atoms with Crippen LogP contribution in [0.15, 0.2) is 59.9 Å². The van der Waals surface area contributed by atoms with E-state index in [0.29, 0.717) is 12.1 Å². The summed E-state index contributed by atoms with van der Waals surface area (Å²) in [6, 6.07) is 13.8. The largest absolute Gasteiger partial charge is 0.357 e. The van der Waals surface area contributed by atoms with E-state index in [9.17, 15) is 4.79 Å². The van der Waals surface area contributed by atoms with Gasteiger partial charge in [-0.25, -0.2) is 4.98 Å². The summed E-state index contributed by atoms with van der Waals surface area (Å²) >= 11 is 0. The minimum absolute atomic E-state index is 0.0201. The number of fused-ring (bicyclic) bond motifs is 1. The van der Waals surface area contributed by atoms with Crippen LogP contribution in [0.2, 0.25) is 0 Å². The highest BCUT2D eigenvalue weighted by molar-refractivity contribution is 5.94. The Balaban J connectivity index is 1.52. The zero-order valence-corrected chi connectivity index (χ0v) is 17.9. The van der Waals surface area contributed by atoms with Crippen molar-refractivity contribution in [2.45, 2.75) is 19.8 Å². The van der Waals surface area contributed by atoms with E-state index in [1.807, 2.05) is 59.3 Å². The average molecular weight is 407 g/mol. The van der Waals surface area contributed by atoms with Gasteiger partial charge < -0.3 is 19.9 Å². The molecule has 1 aromatic carbocycles. The summed E-state index contributed by atoms with van der Waals surface area (Å²) in [6.07, 6.45) is 5.65. The van der Waals surface area contributed by atoms with Crippen LogP contribution in [-0.4, -0.2) is 59.9 Å². The minimum Gasteiger partial charge on any atom is -0.357 e. The molecule has 0 unspecified atom stereocenters. The van der Waals surface area contributed by atoms with Crippen molar-refractivity contribution in [3.05, 3.63) is 71.7 Å². The number of carbonyl (C=O) groups is 1. The van der Waals surface area contributed by atoms with Gasteiger partial charge in [-0.15, -0.1) is 0 Å². The van der Waals surface area contributed by atoms with Gasteiger partial charge in [-0.05, 0) is 43.2 Å². The maximum absolute atomic E-state index is 12.1. The topological polar surface area (TPSA) is 74.0 Å². The minimum atomic E-state index is 0.0201. The summed E-state index contributed by atoms with van der Waals surface area (Å²) in [7, 11) is 3.53. The monoisotopic (exact) mass is 406 g/mol. The molecule has 158 valence electrons. The summed E-state index contributed by atoms with van der Waals surface area (Å²) < 4.78 is 2.03. The van der Waals surface area contributed by atoms with Gasteiger partial charge in [0.2, 0.25) is 0 Å². The standard InChI is InChI=1S/C23H30N6O/c1-4-24-23(26-14-12-20-17-29-15-6-5-10-21(29)27-20)25-13-11-18-8-7-9-19(16-18)22(30)28(2)3/h5-10,15-17H,4,11-14H2,1-3H3,(H2,24,25,26). The molecule has 0 radical (unpaired) electrons. The molecule has 0 saturated carbocycles. The molecule has 0 aliphatic carbocycles. The first-order chi connectivity index (χ1) is 14.6. The molecule has 30 heavy (non-hydrogen) atoms. The van der Waals surface area contributed by atoms with E-state index in [-0.39, 0.29) is 5.91 Å². The van der Waals surface area contributed by atoms with Gasteiger partial charge in [0.1, 0.15) is 5.65 Å². The van der Waals surface area contributed by atoms with Crippen LogP contribution in [0, 0.1) is 0 Å². The van der Waals surface area contributed by atoms with E-state index in [0.717, 1.165) is 48.8 Å². The SMILES string of the molecule is CCNC(=NCCc1cn2ccccc2n1)NCCc1cccc(C(=O)N(C)C)c1. The van der Waals surface area contributed by atoms with Crippen molar-refractivity contribution < 1.29 is 4.79 Å². The Hall–Kier alpha value is -3.35. The van der Waals surface area contributed by atoms with E-state index in [2.05, 4.69) is 27.5 Å². The Morgan fingerprint density at radius 1 is 1.13 bits per heavy atom. The van der Waals surface area contributed by atoms with E-state index in [1.165, 1.54) is 0 Å². The van der Waals surface area contributed by atoms with Crippen molar-refractivity contribution in [2.75, 3.05) is 33.7 Å². The van der Waals surface area contributed by atoms with Gasteiger partial charge in [0.15, 0.2) is 5.96 Å². The number of rotatable bonds is 8. The molecular formula is C23H30N6O. The highest BCUT2D eigenvalue weighted by Gasteiger charge is 2.08. The quantitative estimate of drug-likeness (QED) is 0.445. The molecule has 2 heterocycles. The van der Waals surface area contributed by atoms with Crippen LogP contribution in [-0.2, 0) is 12.8 Å². The lowest BCUT2D eigenvalue weighted by Gasteiger charge is -2.13. The Kier molecular flexibility index (Phi) is 7.43. The van der Waals surface area contributed by atoms with Gasteiger partial charge in [-0.3, -0.25) is 9.79 Å². The summed E-state index contributed by atoms with van der Waals surface area (Å²) in [5.74, 6) is 0.813. The molecular weight excluding hydrogens is 376 g/mol. The van der Waals surface area contributed by atoms with Crippen LogP contribution >= 0.6 is 0 Å². The predicted molar refractivity (Wildman–Crippen MR) is 121 cm³/mol. The smallest absolute Gasteiger partial charge is 0.253 e. The van der Waals surface area contributed by atoms with Gasteiger partial charge in [-0.1, -0.05) is 18.2 Å². The molecule has 0 bridgehead atoms. The van der Waals surface area contributed by atoms with Crippen molar-refractivity contribution in [3.8, 4) is 0 Å². The molecule has 7 heteroatoms. The summed E-state index contributed by atoms with van der Waals surface area (Å²) in [5.41, 5.74) is 3.82. The molecule has 3 rings (SSSR count). The van der Waals surface area contributed by atoms with Crippen molar-refractivity contribution >= 4 is 17.5 Å². The van der Waals surface area contributed by atoms with Gasteiger partial charge in [-0.2, -0.15) is 0 Å². The number of guanidine groups is 1. The first-order valence-corrected chi connectivity index (χ1v) is 10.3. The zero-order valence-electron chi connectivity index (χ0n) is 17.9. The number of hydrogen-bond donors (Lipinski definition) is 2. The van der Waals surface area contributed by atoms with E-state index in [4.69, 9.17) is 0 Å². The fourth-order valence-corrected chi connectivity index (χ4v) is 3.17. The number of amides is 1. The van der Waals surface area contributed by atoms with Crippen LogP contribution in [0.5, 0.6) is 0 Å². The molecule has 0 aliphatic rings. The molecule has 0 spiro atoms. The number of carbonyl (C=O) groups excluding carboxylic acids is 1. The third-order valence-corrected chi connectivity index (χ3v) is 4.68. The van der Waals surface area contributed by atoms with E-state index < -0.39 is 0 Å². The maximum Gasteiger partial charge on any atom is 0.253 e. The van der Waals surface area contributed by atoms with Crippen LogP contribution in [0.25, 0.3) is 5.65 Å². The highest BCUT2D eigenvalue weighted by atomic mass is 16.2. The lowest BCUT2D eigenvalue weighted by Crippen LogP contribution is -2.38. The number of imidazole rings is 1. The maximum atomic E-state index is 12.1. The number of nitrogens with zero attached hydrogens (tertiary/aromatic N) is 4. The normalized spacial score (nSPS) is 11.5. The van der Waals surface area contributed by atoms with Gasteiger partial charge >= 0.3 is 0 Å². The molecule has 3 aromatic rings. The third-order valence-electron chi connectivity index (χ3n) is 4.68. The molecule has 0 atom stereocenters. The highest BCUT2D eigenvalue weighted by Crippen LogP contribution is 2.08. The van der Waals surface area contributed by atoms with Gasteiger partial charge in [0.25, 0.3) is 5.91 Å². The average Bonchev–Trinajstić information content (AvgIpc) is 3.16. The molecule has 1 amide bonds. The van der Waals surface area contributed by atoms with Crippen molar-refractivity contribution in [2.24, 2.45) is 4.99 Å². The Morgan fingerprint density at radius 3 is 2.77 bits per heavy atom. The third kappa shape index (κ3) is 5.83. The number of pyridine rings is 1. The van der Waals surface area contributed by atoms with Crippen LogP contribution < -0.4 is 10.6 Å². The second-order valence-electron chi connectivity index (χ2n) is 7.29. The van der Waals surface area contributed by atoms with Gasteiger partial charge in [0.05, 0.1) is 5.69 Å². The Morgan fingerprint density at radius 2 is 2.00 bits per heavy atom. The molecule has 0 aliphatic heterocycles. The first kappa shape index (κ1) is 21.4. The number of nitrogens with one attached hydrogen (secondary N) is 2. The first-order valence-electron chi connectivity index (χ1n) is 10.3. The number of hydrogen-bond acceptors (Lipinski definition) is 3. The molecule has 7 nitrogen and oxygen atoms in total. The number of benzene rings is 1. The lowest BCUT2D eigenvalue weighted by atomic mass is 10.1. The second-order valence-corrected chi connectivity index (χ2v) is 7.29. The second kappa shape index (κ2) is 10.4. The van der Waals surface area contributed by atoms with Crippen molar-refractivity contribution in [3.63, 3.8) is 0 Å². The van der Waals surface area contributed by atoms with E-state index >= 15 is 0 Å². The van der Waals surface area contributed by atoms with E-state index in [1.54, 1.807) is 19.0 Å². The molecule has 2 aromatic heterocycles. The fraction of sp³-hybridized carbons (Fsp3) is 0.348. The number of aromatic nitrogens is 2.